The van der Waals surface area contributed by atoms with E-state index >= 15 is 0 Å². The van der Waals surface area contributed by atoms with Crippen LogP contribution in [0, 0.1) is 0 Å². The van der Waals surface area contributed by atoms with Crippen molar-refractivity contribution in [1.29, 1.82) is 0 Å². The predicted molar refractivity (Wildman–Crippen MR) is 90.8 cm³/mol. The second-order valence-corrected chi connectivity index (χ2v) is 6.26. The van der Waals surface area contributed by atoms with Gasteiger partial charge in [0.1, 0.15) is 11.8 Å². The summed E-state index contributed by atoms with van der Waals surface area (Å²) in [4.78, 5) is 17.2. The van der Waals surface area contributed by atoms with Gasteiger partial charge in [-0.1, -0.05) is 30.3 Å². The lowest BCUT2D eigenvalue weighted by molar-refractivity contribution is -0.144. The Morgan fingerprint density at radius 2 is 1.92 bits per heavy atom. The van der Waals surface area contributed by atoms with Crippen LogP contribution in [0.3, 0.4) is 0 Å². The topological polar surface area (TPSA) is 76.6 Å². The molecule has 122 valence electrons. The Kier molecular flexibility index (Phi) is 3.50. The number of carbonyl (C=O) groups is 1. The summed E-state index contributed by atoms with van der Waals surface area (Å²) in [6.07, 6.45) is 0.493. The molecule has 0 fully saturated rings. The van der Waals surface area contributed by atoms with Crippen LogP contribution in [-0.2, 0) is 24.3 Å². The van der Waals surface area contributed by atoms with Gasteiger partial charge in [0.05, 0.1) is 0 Å². The van der Waals surface area contributed by atoms with Crippen LogP contribution in [0.25, 0.3) is 10.9 Å². The molecule has 0 amide bonds. The fourth-order valence-electron chi connectivity index (χ4n) is 3.51. The van der Waals surface area contributed by atoms with Crippen LogP contribution in [0.4, 0.5) is 0 Å². The number of fused-ring (bicyclic) bond motifs is 3. The molecule has 2 aromatic carbocycles. The van der Waals surface area contributed by atoms with E-state index in [9.17, 15) is 15.0 Å². The Hall–Kier alpha value is -2.79. The van der Waals surface area contributed by atoms with Crippen molar-refractivity contribution in [3.63, 3.8) is 0 Å². The van der Waals surface area contributed by atoms with E-state index in [0.717, 1.165) is 27.7 Å². The summed E-state index contributed by atoms with van der Waals surface area (Å²) >= 11 is 0. The predicted octanol–water partition coefficient (Wildman–Crippen LogP) is 2.89. The summed E-state index contributed by atoms with van der Waals surface area (Å²) in [5, 5.41) is 20.2. The quantitative estimate of drug-likeness (QED) is 0.693. The van der Waals surface area contributed by atoms with Gasteiger partial charge in [0.15, 0.2) is 0 Å². The normalized spacial score (nSPS) is 17.8. The Morgan fingerprint density at radius 3 is 2.67 bits per heavy atom. The summed E-state index contributed by atoms with van der Waals surface area (Å²) in [7, 11) is 0. The number of aromatic hydroxyl groups is 1. The number of H-pyrrole nitrogens is 1. The number of hydrogen-bond donors (Lipinski definition) is 3. The molecular formula is C19H18N2O3. The molecule has 0 saturated carbocycles. The van der Waals surface area contributed by atoms with Crippen molar-refractivity contribution in [1.82, 2.24) is 9.88 Å². The highest BCUT2D eigenvalue weighted by Crippen LogP contribution is 2.31. The first-order valence-corrected chi connectivity index (χ1v) is 7.95. The summed E-state index contributed by atoms with van der Waals surface area (Å²) in [5.74, 6) is -0.588. The molecule has 5 nitrogen and oxygen atoms in total. The Labute approximate surface area is 139 Å². The summed E-state index contributed by atoms with van der Waals surface area (Å²) < 4.78 is 0. The van der Waals surface area contributed by atoms with Crippen LogP contribution in [-0.4, -0.2) is 32.1 Å². The van der Waals surface area contributed by atoms with E-state index in [2.05, 4.69) is 4.98 Å². The van der Waals surface area contributed by atoms with E-state index in [1.807, 2.05) is 41.3 Å². The van der Waals surface area contributed by atoms with Gasteiger partial charge in [-0.25, -0.2) is 0 Å². The molecule has 5 heteroatoms. The lowest BCUT2D eigenvalue weighted by Crippen LogP contribution is -2.44. The van der Waals surface area contributed by atoms with Crippen molar-refractivity contribution in [2.45, 2.75) is 25.6 Å². The third kappa shape index (κ3) is 2.53. The minimum atomic E-state index is -0.801. The molecule has 1 aliphatic rings. The molecule has 1 aromatic heterocycles. The third-order valence-corrected chi connectivity index (χ3v) is 4.71. The molecule has 1 aliphatic heterocycles. The number of para-hydroxylation sites is 1. The molecule has 2 heterocycles. The molecule has 3 N–H and O–H groups in total. The van der Waals surface area contributed by atoms with Crippen molar-refractivity contribution in [3.05, 3.63) is 65.4 Å². The zero-order valence-electron chi connectivity index (χ0n) is 13.1. The number of phenols is 1. The van der Waals surface area contributed by atoms with Crippen molar-refractivity contribution >= 4 is 16.9 Å². The number of carboxylic acid groups (broad SMARTS) is 1. The number of phenolic OH excluding ortho intramolecular Hbond substituents is 1. The molecule has 0 saturated heterocycles. The standard InChI is InChI=1S/C19H18N2O3/c22-13-7-5-12(6-8-13)10-21-11-17-15(9-18(21)19(23)24)14-3-1-2-4-16(14)20-17/h1-8,18,20,22H,9-11H2,(H,23,24)/t18-/m0/s1. The summed E-state index contributed by atoms with van der Waals surface area (Å²) in [6, 6.07) is 14.4. The van der Waals surface area contributed by atoms with Gasteiger partial charge in [0.2, 0.25) is 0 Å². The number of nitrogens with zero attached hydrogens (tertiary/aromatic N) is 1. The molecule has 3 aromatic rings. The highest BCUT2D eigenvalue weighted by molar-refractivity contribution is 5.86. The van der Waals surface area contributed by atoms with Gasteiger partial charge in [-0.2, -0.15) is 0 Å². The van der Waals surface area contributed by atoms with Gasteiger partial charge in [-0.3, -0.25) is 9.69 Å². The van der Waals surface area contributed by atoms with Crippen molar-refractivity contribution in [2.75, 3.05) is 0 Å². The Bertz CT molecular complexity index is 899. The molecular weight excluding hydrogens is 304 g/mol. The van der Waals surface area contributed by atoms with Gasteiger partial charge in [-0.05, 0) is 29.3 Å². The van der Waals surface area contributed by atoms with Crippen LogP contribution in [0.2, 0.25) is 0 Å². The van der Waals surface area contributed by atoms with Crippen molar-refractivity contribution in [2.24, 2.45) is 0 Å². The van der Waals surface area contributed by atoms with Crippen molar-refractivity contribution < 1.29 is 15.0 Å². The minimum absolute atomic E-state index is 0.213. The van der Waals surface area contributed by atoms with Gasteiger partial charge in [-0.15, -0.1) is 0 Å². The number of nitrogens with one attached hydrogen (secondary N) is 1. The highest BCUT2D eigenvalue weighted by atomic mass is 16.4. The SMILES string of the molecule is O=C(O)[C@@H]1Cc2c([nH]c3ccccc23)CN1Cc1ccc(O)cc1. The number of aromatic amines is 1. The molecule has 1 atom stereocenters. The Balaban J connectivity index is 1.69. The maximum Gasteiger partial charge on any atom is 0.321 e. The number of hydrogen-bond acceptors (Lipinski definition) is 3. The minimum Gasteiger partial charge on any atom is -0.508 e. The number of benzene rings is 2. The second-order valence-electron chi connectivity index (χ2n) is 6.26. The van der Waals surface area contributed by atoms with Gasteiger partial charge >= 0.3 is 5.97 Å². The van der Waals surface area contributed by atoms with E-state index < -0.39 is 12.0 Å². The van der Waals surface area contributed by atoms with Crippen molar-refractivity contribution in [3.8, 4) is 5.75 Å². The average Bonchev–Trinajstić information content (AvgIpc) is 2.93. The van der Waals surface area contributed by atoms with E-state index in [0.29, 0.717) is 19.5 Å². The maximum absolute atomic E-state index is 11.8. The van der Waals surface area contributed by atoms with E-state index in [1.54, 1.807) is 12.1 Å². The number of aliphatic carboxylic acids is 1. The maximum atomic E-state index is 11.8. The fourth-order valence-corrected chi connectivity index (χ4v) is 3.51. The lowest BCUT2D eigenvalue weighted by Gasteiger charge is -2.33. The highest BCUT2D eigenvalue weighted by Gasteiger charge is 2.33. The summed E-state index contributed by atoms with van der Waals surface area (Å²) in [6.45, 7) is 1.11. The molecule has 0 spiro atoms. The number of rotatable bonds is 3. The smallest absolute Gasteiger partial charge is 0.321 e. The molecule has 0 bridgehead atoms. The monoisotopic (exact) mass is 322 g/mol. The van der Waals surface area contributed by atoms with Gasteiger partial charge in [0, 0.05) is 36.1 Å². The Morgan fingerprint density at radius 1 is 1.17 bits per heavy atom. The fraction of sp³-hybridized carbons (Fsp3) is 0.211. The first-order valence-electron chi connectivity index (χ1n) is 7.95. The van der Waals surface area contributed by atoms with Crippen LogP contribution in [0.15, 0.2) is 48.5 Å². The zero-order valence-corrected chi connectivity index (χ0v) is 13.1. The van der Waals surface area contributed by atoms with E-state index in [-0.39, 0.29) is 5.75 Å². The molecule has 0 unspecified atom stereocenters. The van der Waals surface area contributed by atoms with E-state index in [1.165, 1.54) is 0 Å². The average molecular weight is 322 g/mol. The molecule has 24 heavy (non-hydrogen) atoms. The molecule has 0 radical (unpaired) electrons. The largest absolute Gasteiger partial charge is 0.508 e. The first-order chi connectivity index (χ1) is 11.6. The zero-order chi connectivity index (χ0) is 16.7. The third-order valence-electron chi connectivity index (χ3n) is 4.71. The molecule has 0 aliphatic carbocycles. The second kappa shape index (κ2) is 5.69. The van der Waals surface area contributed by atoms with Crippen LogP contribution < -0.4 is 0 Å². The van der Waals surface area contributed by atoms with Crippen LogP contribution in [0.1, 0.15) is 16.8 Å². The van der Waals surface area contributed by atoms with Crippen LogP contribution in [0.5, 0.6) is 5.75 Å². The van der Waals surface area contributed by atoms with Gasteiger partial charge in [0.25, 0.3) is 0 Å². The van der Waals surface area contributed by atoms with Crippen LogP contribution >= 0.6 is 0 Å². The first kappa shape index (κ1) is 14.8. The lowest BCUT2D eigenvalue weighted by atomic mass is 9.96. The van der Waals surface area contributed by atoms with E-state index in [4.69, 9.17) is 0 Å². The summed E-state index contributed by atoms with van der Waals surface area (Å²) in [5.41, 5.74) is 4.24. The molecule has 4 rings (SSSR count). The van der Waals surface area contributed by atoms with Gasteiger partial charge < -0.3 is 15.2 Å². The number of carboxylic acids is 1. The number of aromatic nitrogens is 1.